The molecule has 4 rings (SSSR count). The van der Waals surface area contributed by atoms with Gasteiger partial charge in [0.2, 0.25) is 0 Å². The van der Waals surface area contributed by atoms with Crippen molar-refractivity contribution in [3.8, 4) is 11.3 Å². The molecule has 0 fully saturated rings. The summed E-state index contributed by atoms with van der Waals surface area (Å²) in [6, 6.07) is 16.3. The lowest BCUT2D eigenvalue weighted by Crippen LogP contribution is -2.20. The number of rotatable bonds is 1. The SMILES string of the molecule is Cc1oc(-c2ccccc2)c2c1C(=O)c1ccccc1C2=O. The summed E-state index contributed by atoms with van der Waals surface area (Å²) in [7, 11) is 0. The fourth-order valence-electron chi connectivity index (χ4n) is 2.98. The fraction of sp³-hybridized carbons (Fsp3) is 0.0526. The van der Waals surface area contributed by atoms with Crippen LogP contribution < -0.4 is 0 Å². The fourth-order valence-corrected chi connectivity index (χ4v) is 2.98. The molecule has 0 saturated heterocycles. The maximum absolute atomic E-state index is 12.8. The van der Waals surface area contributed by atoms with E-state index in [4.69, 9.17) is 4.42 Å². The number of furan rings is 1. The van der Waals surface area contributed by atoms with Gasteiger partial charge in [0.1, 0.15) is 11.5 Å². The van der Waals surface area contributed by atoms with Crippen LogP contribution in [0.4, 0.5) is 0 Å². The van der Waals surface area contributed by atoms with Crippen LogP contribution in [0.2, 0.25) is 0 Å². The third-order valence-electron chi connectivity index (χ3n) is 3.99. The van der Waals surface area contributed by atoms with Crippen LogP contribution in [0.3, 0.4) is 0 Å². The van der Waals surface area contributed by atoms with Crippen molar-refractivity contribution in [1.82, 2.24) is 0 Å². The van der Waals surface area contributed by atoms with Crippen molar-refractivity contribution in [3.05, 3.63) is 82.6 Å². The second kappa shape index (κ2) is 4.53. The number of hydrogen-bond donors (Lipinski definition) is 0. The molecule has 0 aliphatic heterocycles. The van der Waals surface area contributed by atoms with Crippen molar-refractivity contribution < 1.29 is 14.0 Å². The Hall–Kier alpha value is -2.94. The van der Waals surface area contributed by atoms with Gasteiger partial charge in [-0.25, -0.2) is 0 Å². The molecule has 22 heavy (non-hydrogen) atoms. The van der Waals surface area contributed by atoms with E-state index in [2.05, 4.69) is 0 Å². The van der Waals surface area contributed by atoms with Gasteiger partial charge in [0.25, 0.3) is 0 Å². The smallest absolute Gasteiger partial charge is 0.198 e. The minimum absolute atomic E-state index is 0.145. The Kier molecular flexibility index (Phi) is 2.63. The average molecular weight is 288 g/mol. The summed E-state index contributed by atoms with van der Waals surface area (Å²) < 4.78 is 5.78. The highest BCUT2D eigenvalue weighted by atomic mass is 16.3. The first-order chi connectivity index (χ1) is 10.7. The lowest BCUT2D eigenvalue weighted by atomic mass is 9.83. The van der Waals surface area contributed by atoms with E-state index in [1.165, 1.54) is 0 Å². The van der Waals surface area contributed by atoms with Crippen molar-refractivity contribution in [2.75, 3.05) is 0 Å². The molecular weight excluding hydrogens is 276 g/mol. The van der Waals surface area contributed by atoms with Gasteiger partial charge >= 0.3 is 0 Å². The quantitative estimate of drug-likeness (QED) is 0.531. The highest BCUT2D eigenvalue weighted by Crippen LogP contribution is 2.38. The lowest BCUT2D eigenvalue weighted by molar-refractivity contribution is 0.0980. The molecule has 1 aliphatic carbocycles. The summed E-state index contributed by atoms with van der Waals surface area (Å²) in [6.07, 6.45) is 0. The number of ketones is 2. The number of benzene rings is 2. The number of carbonyl (C=O) groups excluding carboxylic acids is 2. The van der Waals surface area contributed by atoms with Crippen molar-refractivity contribution >= 4 is 11.6 Å². The maximum atomic E-state index is 12.8. The Balaban J connectivity index is 2.03. The van der Waals surface area contributed by atoms with Crippen LogP contribution in [0.25, 0.3) is 11.3 Å². The van der Waals surface area contributed by atoms with Crippen LogP contribution >= 0.6 is 0 Å². The molecule has 3 aromatic rings. The molecule has 3 nitrogen and oxygen atoms in total. The largest absolute Gasteiger partial charge is 0.460 e. The van der Waals surface area contributed by atoms with E-state index >= 15 is 0 Å². The summed E-state index contributed by atoms with van der Waals surface area (Å²) in [6.45, 7) is 1.73. The van der Waals surface area contributed by atoms with E-state index in [-0.39, 0.29) is 11.6 Å². The molecule has 2 aromatic carbocycles. The number of carbonyl (C=O) groups is 2. The minimum atomic E-state index is -0.152. The van der Waals surface area contributed by atoms with E-state index in [1.54, 1.807) is 31.2 Å². The summed E-state index contributed by atoms with van der Waals surface area (Å²) in [5.74, 6) is 0.664. The molecule has 0 atom stereocenters. The van der Waals surface area contributed by atoms with Gasteiger partial charge < -0.3 is 4.42 Å². The molecule has 0 radical (unpaired) electrons. The summed E-state index contributed by atoms with van der Waals surface area (Å²) in [4.78, 5) is 25.6. The highest BCUT2D eigenvalue weighted by Gasteiger charge is 2.36. The zero-order valence-corrected chi connectivity index (χ0v) is 11.9. The summed E-state index contributed by atoms with van der Waals surface area (Å²) >= 11 is 0. The van der Waals surface area contributed by atoms with Gasteiger partial charge in [-0.2, -0.15) is 0 Å². The van der Waals surface area contributed by atoms with Crippen LogP contribution in [0.1, 0.15) is 37.6 Å². The molecule has 0 N–H and O–H groups in total. The molecule has 0 unspecified atom stereocenters. The van der Waals surface area contributed by atoms with Gasteiger partial charge in [-0.15, -0.1) is 0 Å². The zero-order valence-electron chi connectivity index (χ0n) is 11.9. The Morgan fingerprint density at radius 2 is 1.27 bits per heavy atom. The molecule has 106 valence electrons. The van der Waals surface area contributed by atoms with Crippen molar-refractivity contribution in [2.24, 2.45) is 0 Å². The van der Waals surface area contributed by atoms with Crippen molar-refractivity contribution in [3.63, 3.8) is 0 Å². The van der Waals surface area contributed by atoms with Gasteiger partial charge in [-0.1, -0.05) is 54.6 Å². The first-order valence-electron chi connectivity index (χ1n) is 7.05. The molecule has 1 aromatic heterocycles. The summed E-state index contributed by atoms with van der Waals surface area (Å²) in [5.41, 5.74) is 2.46. The summed E-state index contributed by atoms with van der Waals surface area (Å²) in [5, 5.41) is 0. The van der Waals surface area contributed by atoms with E-state index in [1.807, 2.05) is 30.3 Å². The van der Waals surface area contributed by atoms with Crippen LogP contribution in [0.5, 0.6) is 0 Å². The highest BCUT2D eigenvalue weighted by molar-refractivity contribution is 6.30. The molecule has 1 aliphatic rings. The molecule has 0 amide bonds. The van der Waals surface area contributed by atoms with E-state index < -0.39 is 0 Å². The Morgan fingerprint density at radius 1 is 0.727 bits per heavy atom. The Morgan fingerprint density at radius 3 is 1.91 bits per heavy atom. The Labute approximate surface area is 127 Å². The van der Waals surface area contributed by atoms with Gasteiger partial charge in [0.05, 0.1) is 11.1 Å². The van der Waals surface area contributed by atoms with Crippen molar-refractivity contribution in [2.45, 2.75) is 6.92 Å². The monoisotopic (exact) mass is 288 g/mol. The molecule has 3 heteroatoms. The van der Waals surface area contributed by atoms with Crippen LogP contribution in [0.15, 0.2) is 59.0 Å². The third kappa shape index (κ3) is 1.62. The van der Waals surface area contributed by atoms with Gasteiger partial charge in [0, 0.05) is 16.7 Å². The van der Waals surface area contributed by atoms with Crippen molar-refractivity contribution in [1.29, 1.82) is 0 Å². The van der Waals surface area contributed by atoms with Crippen LogP contribution in [0, 0.1) is 6.92 Å². The van der Waals surface area contributed by atoms with E-state index in [9.17, 15) is 9.59 Å². The lowest BCUT2D eigenvalue weighted by Gasteiger charge is -2.14. The molecule has 1 heterocycles. The predicted octanol–water partition coefficient (Wildman–Crippen LogP) is 4.03. The topological polar surface area (TPSA) is 47.3 Å². The molecule has 0 bridgehead atoms. The van der Waals surface area contributed by atoms with Crippen LogP contribution in [-0.2, 0) is 0 Å². The first kappa shape index (κ1) is 12.8. The second-order valence-electron chi connectivity index (χ2n) is 5.31. The number of aryl methyl sites for hydroxylation is 1. The Bertz CT molecular complexity index is 917. The van der Waals surface area contributed by atoms with Crippen LogP contribution in [-0.4, -0.2) is 11.6 Å². The number of hydrogen-bond acceptors (Lipinski definition) is 3. The van der Waals surface area contributed by atoms with Gasteiger partial charge in [-0.3, -0.25) is 9.59 Å². The second-order valence-corrected chi connectivity index (χ2v) is 5.31. The predicted molar refractivity (Wildman–Crippen MR) is 82.2 cm³/mol. The van der Waals surface area contributed by atoms with E-state index in [0.717, 1.165) is 5.56 Å². The minimum Gasteiger partial charge on any atom is -0.460 e. The maximum Gasteiger partial charge on any atom is 0.198 e. The molecule has 0 saturated carbocycles. The van der Waals surface area contributed by atoms with Gasteiger partial charge in [-0.05, 0) is 6.92 Å². The molecular formula is C19H12O3. The van der Waals surface area contributed by atoms with Gasteiger partial charge in [0.15, 0.2) is 11.6 Å². The normalized spacial score (nSPS) is 13.0. The number of fused-ring (bicyclic) bond motifs is 2. The zero-order chi connectivity index (χ0) is 15.3. The average Bonchev–Trinajstić information content (AvgIpc) is 2.91. The third-order valence-corrected chi connectivity index (χ3v) is 3.99. The first-order valence-corrected chi connectivity index (χ1v) is 7.05. The van der Waals surface area contributed by atoms with E-state index in [0.29, 0.717) is 33.8 Å². The molecule has 0 spiro atoms. The standard InChI is InChI=1S/C19H12O3/c1-11-15-16(19(22-11)12-7-3-2-4-8-12)18(21)14-10-6-5-9-13(14)17(15)20/h2-10H,1H3.